The van der Waals surface area contributed by atoms with E-state index in [2.05, 4.69) is 21.2 Å². The number of thiocarbonyl (C=S) groups is 1. The number of rotatable bonds is 6. The molecule has 19 heavy (non-hydrogen) atoms. The molecule has 0 saturated carbocycles. The quantitative estimate of drug-likeness (QED) is 0.777. The highest BCUT2D eigenvalue weighted by Crippen LogP contribution is 2.23. The normalized spacial score (nSPS) is 10.3. The van der Waals surface area contributed by atoms with Crippen LogP contribution < -0.4 is 15.8 Å². The number of hydrogen-bond acceptors (Lipinski definition) is 3. The van der Waals surface area contributed by atoms with Crippen LogP contribution >= 0.6 is 28.1 Å². The minimum atomic E-state index is -0.0380. The molecule has 0 aromatic heterocycles. The van der Waals surface area contributed by atoms with Gasteiger partial charge >= 0.3 is 0 Å². The molecule has 0 spiro atoms. The lowest BCUT2D eigenvalue weighted by atomic mass is 10.2. The van der Waals surface area contributed by atoms with Gasteiger partial charge < -0.3 is 15.8 Å². The molecule has 1 aromatic rings. The van der Waals surface area contributed by atoms with E-state index in [0.29, 0.717) is 17.7 Å². The molecule has 0 bridgehead atoms. The fourth-order valence-corrected chi connectivity index (χ4v) is 1.99. The minimum Gasteiger partial charge on any atom is -0.492 e. The van der Waals surface area contributed by atoms with E-state index >= 15 is 0 Å². The van der Waals surface area contributed by atoms with Crippen LogP contribution in [0.25, 0.3) is 0 Å². The van der Waals surface area contributed by atoms with Gasteiger partial charge in [0.1, 0.15) is 10.7 Å². The number of ether oxygens (including phenoxy) is 1. The maximum atomic E-state index is 11.5. The van der Waals surface area contributed by atoms with Gasteiger partial charge in [0.2, 0.25) is 5.91 Å². The van der Waals surface area contributed by atoms with E-state index in [4.69, 9.17) is 22.7 Å². The van der Waals surface area contributed by atoms with E-state index < -0.39 is 0 Å². The zero-order valence-corrected chi connectivity index (χ0v) is 13.3. The summed E-state index contributed by atoms with van der Waals surface area (Å²) in [5.74, 6) is 0.553. The summed E-state index contributed by atoms with van der Waals surface area (Å²) in [5.41, 5.74) is 6.29. The number of carbonyl (C=O) groups is 1. The van der Waals surface area contributed by atoms with Gasteiger partial charge in [0.25, 0.3) is 0 Å². The van der Waals surface area contributed by atoms with Crippen LogP contribution in [0.2, 0.25) is 0 Å². The van der Waals surface area contributed by atoms with Crippen molar-refractivity contribution in [3.8, 4) is 5.75 Å². The highest BCUT2D eigenvalue weighted by atomic mass is 79.9. The van der Waals surface area contributed by atoms with E-state index in [1.807, 2.05) is 19.9 Å². The van der Waals surface area contributed by atoms with Crippen molar-refractivity contribution < 1.29 is 9.53 Å². The molecule has 104 valence electrons. The van der Waals surface area contributed by atoms with Gasteiger partial charge in [-0.2, -0.15) is 0 Å². The molecule has 1 amide bonds. The van der Waals surface area contributed by atoms with Gasteiger partial charge in [-0.1, -0.05) is 28.1 Å². The first-order chi connectivity index (χ1) is 8.90. The van der Waals surface area contributed by atoms with Crippen molar-refractivity contribution in [2.45, 2.75) is 26.3 Å². The van der Waals surface area contributed by atoms with Crippen LogP contribution in [0.15, 0.2) is 22.7 Å². The first kappa shape index (κ1) is 15.9. The van der Waals surface area contributed by atoms with Gasteiger partial charge in [0, 0.05) is 10.5 Å². The molecule has 0 aliphatic carbocycles. The van der Waals surface area contributed by atoms with Crippen LogP contribution in [0.1, 0.15) is 25.8 Å². The molecular weight excluding hydrogens is 328 g/mol. The summed E-state index contributed by atoms with van der Waals surface area (Å²) < 4.78 is 6.43. The van der Waals surface area contributed by atoms with Gasteiger partial charge in [0.15, 0.2) is 0 Å². The third kappa shape index (κ3) is 5.57. The number of nitrogens with two attached hydrogens (primary N) is 1. The van der Waals surface area contributed by atoms with E-state index in [-0.39, 0.29) is 23.5 Å². The molecule has 3 N–H and O–H groups in total. The summed E-state index contributed by atoms with van der Waals surface area (Å²) in [6.07, 6.45) is 0.297. The first-order valence-electron chi connectivity index (χ1n) is 5.91. The fourth-order valence-electron chi connectivity index (χ4n) is 1.47. The second-order valence-electron chi connectivity index (χ2n) is 4.33. The van der Waals surface area contributed by atoms with Crippen molar-refractivity contribution in [3.05, 3.63) is 28.2 Å². The predicted octanol–water partition coefficient (Wildman–Crippen LogP) is 2.38. The summed E-state index contributed by atoms with van der Waals surface area (Å²) in [4.78, 5) is 11.7. The maximum Gasteiger partial charge on any atom is 0.223 e. The van der Waals surface area contributed by atoms with Crippen LogP contribution in [-0.2, 0) is 4.79 Å². The number of amides is 1. The topological polar surface area (TPSA) is 64.3 Å². The second-order valence-corrected chi connectivity index (χ2v) is 5.68. The Bertz CT molecular complexity index is 478. The molecule has 1 rings (SSSR count). The van der Waals surface area contributed by atoms with Crippen molar-refractivity contribution in [1.82, 2.24) is 5.32 Å². The Labute approximate surface area is 126 Å². The zero-order chi connectivity index (χ0) is 14.4. The van der Waals surface area contributed by atoms with Crippen molar-refractivity contribution in [2.24, 2.45) is 5.73 Å². The lowest BCUT2D eigenvalue weighted by molar-refractivity contribution is -0.122. The number of hydrogen-bond donors (Lipinski definition) is 2. The highest BCUT2D eigenvalue weighted by molar-refractivity contribution is 9.10. The highest BCUT2D eigenvalue weighted by Gasteiger charge is 2.09. The third-order valence-electron chi connectivity index (χ3n) is 2.24. The van der Waals surface area contributed by atoms with E-state index in [1.165, 1.54) is 0 Å². The average molecular weight is 345 g/mol. The van der Waals surface area contributed by atoms with Gasteiger partial charge in [-0.3, -0.25) is 4.79 Å². The Balaban J connectivity index is 2.58. The zero-order valence-electron chi connectivity index (χ0n) is 10.9. The molecule has 0 aliphatic heterocycles. The molecule has 0 unspecified atom stereocenters. The molecule has 0 saturated heterocycles. The Hall–Kier alpha value is -1.14. The molecule has 0 heterocycles. The van der Waals surface area contributed by atoms with Crippen LogP contribution in [-0.4, -0.2) is 23.5 Å². The summed E-state index contributed by atoms with van der Waals surface area (Å²) in [6.45, 7) is 4.12. The van der Waals surface area contributed by atoms with E-state index in [9.17, 15) is 4.79 Å². The molecule has 4 nitrogen and oxygen atoms in total. The van der Waals surface area contributed by atoms with E-state index in [0.717, 1.165) is 4.47 Å². The standard InChI is InChI=1S/C13H17BrN2O2S/c1-8(2)16-12(17)5-6-18-11-4-3-9(14)7-10(11)13(15)19/h3-4,7-8H,5-6H2,1-2H3,(H2,15,19)(H,16,17). The molecule has 0 fully saturated rings. The number of nitrogens with one attached hydrogen (secondary N) is 1. The summed E-state index contributed by atoms with van der Waals surface area (Å²) in [5, 5.41) is 2.80. The molecule has 0 aliphatic rings. The largest absolute Gasteiger partial charge is 0.492 e. The third-order valence-corrected chi connectivity index (χ3v) is 2.96. The van der Waals surface area contributed by atoms with Gasteiger partial charge in [-0.25, -0.2) is 0 Å². The molecule has 1 aromatic carbocycles. The van der Waals surface area contributed by atoms with Gasteiger partial charge in [0.05, 0.1) is 18.6 Å². The molecule has 0 radical (unpaired) electrons. The Morgan fingerprint density at radius 1 is 1.53 bits per heavy atom. The lowest BCUT2D eigenvalue weighted by Crippen LogP contribution is -2.31. The van der Waals surface area contributed by atoms with E-state index in [1.54, 1.807) is 12.1 Å². The van der Waals surface area contributed by atoms with Gasteiger partial charge in [-0.05, 0) is 32.0 Å². The number of carbonyl (C=O) groups excluding carboxylic acids is 1. The molecule has 6 heteroatoms. The van der Waals surface area contributed by atoms with Crippen LogP contribution in [0.3, 0.4) is 0 Å². The second kappa shape index (κ2) is 7.45. The fraction of sp³-hybridized carbons (Fsp3) is 0.385. The first-order valence-corrected chi connectivity index (χ1v) is 7.11. The minimum absolute atomic E-state index is 0.0380. The maximum absolute atomic E-state index is 11.5. The average Bonchev–Trinajstić information content (AvgIpc) is 2.29. The molecular formula is C13H17BrN2O2S. The van der Waals surface area contributed by atoms with Crippen LogP contribution in [0, 0.1) is 0 Å². The number of halogens is 1. The Morgan fingerprint density at radius 2 is 2.21 bits per heavy atom. The Morgan fingerprint density at radius 3 is 2.79 bits per heavy atom. The van der Waals surface area contributed by atoms with Crippen LogP contribution in [0.4, 0.5) is 0 Å². The smallest absolute Gasteiger partial charge is 0.223 e. The summed E-state index contributed by atoms with van der Waals surface area (Å²) in [6, 6.07) is 5.54. The molecule has 0 atom stereocenters. The lowest BCUT2D eigenvalue weighted by Gasteiger charge is -2.12. The summed E-state index contributed by atoms with van der Waals surface area (Å²) >= 11 is 8.31. The number of benzene rings is 1. The Kier molecular flexibility index (Phi) is 6.24. The monoisotopic (exact) mass is 344 g/mol. The van der Waals surface area contributed by atoms with Crippen molar-refractivity contribution in [3.63, 3.8) is 0 Å². The van der Waals surface area contributed by atoms with Crippen LogP contribution in [0.5, 0.6) is 5.75 Å². The van der Waals surface area contributed by atoms with Gasteiger partial charge in [-0.15, -0.1) is 0 Å². The predicted molar refractivity (Wildman–Crippen MR) is 83.4 cm³/mol. The SMILES string of the molecule is CC(C)NC(=O)CCOc1ccc(Br)cc1C(N)=S. The van der Waals surface area contributed by atoms with Crippen molar-refractivity contribution in [1.29, 1.82) is 0 Å². The van der Waals surface area contributed by atoms with Crippen molar-refractivity contribution >= 4 is 39.0 Å². The summed E-state index contributed by atoms with van der Waals surface area (Å²) in [7, 11) is 0. The van der Waals surface area contributed by atoms with Crippen molar-refractivity contribution in [2.75, 3.05) is 6.61 Å².